The van der Waals surface area contributed by atoms with Crippen LogP contribution in [0, 0.1) is 5.92 Å². The van der Waals surface area contributed by atoms with Crippen LogP contribution in [0.25, 0.3) is 0 Å². The van der Waals surface area contributed by atoms with Crippen LogP contribution in [0.1, 0.15) is 97.3 Å². The zero-order valence-electron chi connectivity index (χ0n) is 15.4. The van der Waals surface area contributed by atoms with Gasteiger partial charge < -0.3 is 10.1 Å². The predicted octanol–water partition coefficient (Wildman–Crippen LogP) is 5.70. The SMILES string of the molecule is CCCCCCCC(CCCCCC)NCCC1CCOC1. The third-order valence-electron chi connectivity index (χ3n) is 5.07. The minimum atomic E-state index is 0.765. The van der Waals surface area contributed by atoms with Crippen LogP contribution in [0.2, 0.25) is 0 Å². The van der Waals surface area contributed by atoms with Crippen molar-refractivity contribution in [3.63, 3.8) is 0 Å². The molecule has 1 heterocycles. The fourth-order valence-electron chi connectivity index (χ4n) is 3.46. The first-order valence-electron chi connectivity index (χ1n) is 10.2. The second kappa shape index (κ2) is 14.5. The summed E-state index contributed by atoms with van der Waals surface area (Å²) in [7, 11) is 0. The fraction of sp³-hybridized carbons (Fsp3) is 1.00. The van der Waals surface area contributed by atoms with E-state index in [1.807, 2.05) is 0 Å². The molecule has 0 bridgehead atoms. The van der Waals surface area contributed by atoms with Crippen molar-refractivity contribution in [1.82, 2.24) is 5.32 Å². The van der Waals surface area contributed by atoms with Gasteiger partial charge in [-0.05, 0) is 38.1 Å². The van der Waals surface area contributed by atoms with Crippen LogP contribution in [-0.2, 0) is 4.74 Å². The van der Waals surface area contributed by atoms with Gasteiger partial charge in [0.25, 0.3) is 0 Å². The van der Waals surface area contributed by atoms with Gasteiger partial charge in [-0.25, -0.2) is 0 Å². The Bertz CT molecular complexity index is 226. The molecule has 0 spiro atoms. The molecule has 2 nitrogen and oxygen atoms in total. The molecule has 0 aromatic carbocycles. The average Bonchev–Trinajstić information content (AvgIpc) is 3.04. The molecule has 132 valence electrons. The Balaban J connectivity index is 2.11. The van der Waals surface area contributed by atoms with Crippen LogP contribution < -0.4 is 5.32 Å². The summed E-state index contributed by atoms with van der Waals surface area (Å²) >= 11 is 0. The van der Waals surface area contributed by atoms with Crippen molar-refractivity contribution >= 4 is 0 Å². The molecule has 1 saturated heterocycles. The highest BCUT2D eigenvalue weighted by atomic mass is 16.5. The summed E-state index contributed by atoms with van der Waals surface area (Å²) < 4.78 is 5.48. The van der Waals surface area contributed by atoms with E-state index in [-0.39, 0.29) is 0 Å². The summed E-state index contributed by atoms with van der Waals surface area (Å²) in [6.07, 6.45) is 18.0. The minimum absolute atomic E-state index is 0.765. The summed E-state index contributed by atoms with van der Waals surface area (Å²) in [6.45, 7) is 7.78. The Kier molecular flexibility index (Phi) is 13.2. The van der Waals surface area contributed by atoms with Gasteiger partial charge in [-0.2, -0.15) is 0 Å². The van der Waals surface area contributed by atoms with E-state index in [0.717, 1.165) is 25.2 Å². The summed E-state index contributed by atoms with van der Waals surface area (Å²) in [4.78, 5) is 0. The van der Waals surface area contributed by atoms with Crippen molar-refractivity contribution in [3.05, 3.63) is 0 Å². The number of nitrogens with one attached hydrogen (secondary N) is 1. The molecule has 0 amide bonds. The van der Waals surface area contributed by atoms with Gasteiger partial charge in [0.1, 0.15) is 0 Å². The Labute approximate surface area is 139 Å². The van der Waals surface area contributed by atoms with Crippen molar-refractivity contribution < 1.29 is 4.74 Å². The lowest BCUT2D eigenvalue weighted by molar-refractivity contribution is 0.183. The van der Waals surface area contributed by atoms with E-state index in [4.69, 9.17) is 4.74 Å². The maximum absolute atomic E-state index is 5.48. The maximum atomic E-state index is 5.48. The fourth-order valence-corrected chi connectivity index (χ4v) is 3.46. The number of ether oxygens (including phenoxy) is 1. The predicted molar refractivity (Wildman–Crippen MR) is 97.5 cm³/mol. The molecule has 1 aliphatic rings. The van der Waals surface area contributed by atoms with E-state index < -0.39 is 0 Å². The second-order valence-electron chi connectivity index (χ2n) is 7.22. The van der Waals surface area contributed by atoms with Crippen molar-refractivity contribution in [2.75, 3.05) is 19.8 Å². The van der Waals surface area contributed by atoms with E-state index >= 15 is 0 Å². The molecule has 2 unspecified atom stereocenters. The molecule has 0 aromatic heterocycles. The van der Waals surface area contributed by atoms with Gasteiger partial charge in [0.2, 0.25) is 0 Å². The average molecular weight is 312 g/mol. The topological polar surface area (TPSA) is 21.3 Å². The molecule has 0 saturated carbocycles. The Hall–Kier alpha value is -0.0800. The number of unbranched alkanes of at least 4 members (excludes halogenated alkanes) is 7. The second-order valence-corrected chi connectivity index (χ2v) is 7.22. The quantitative estimate of drug-likeness (QED) is 0.392. The van der Waals surface area contributed by atoms with Crippen LogP contribution >= 0.6 is 0 Å². The number of hydrogen-bond donors (Lipinski definition) is 1. The molecule has 1 N–H and O–H groups in total. The van der Waals surface area contributed by atoms with Crippen LogP contribution in [0.3, 0.4) is 0 Å². The summed E-state index contributed by atoms with van der Waals surface area (Å²) in [5.74, 6) is 0.817. The number of hydrogen-bond acceptors (Lipinski definition) is 2. The Morgan fingerprint density at radius 2 is 1.55 bits per heavy atom. The van der Waals surface area contributed by atoms with E-state index in [0.29, 0.717) is 0 Å². The van der Waals surface area contributed by atoms with Gasteiger partial charge in [-0.3, -0.25) is 0 Å². The third-order valence-corrected chi connectivity index (χ3v) is 5.07. The normalized spacial score (nSPS) is 19.6. The lowest BCUT2D eigenvalue weighted by atomic mass is 9.99. The first-order valence-corrected chi connectivity index (χ1v) is 10.2. The lowest BCUT2D eigenvalue weighted by Gasteiger charge is -2.20. The van der Waals surface area contributed by atoms with Crippen molar-refractivity contribution in [3.8, 4) is 0 Å². The molecule has 1 fully saturated rings. The van der Waals surface area contributed by atoms with Crippen molar-refractivity contribution in [2.24, 2.45) is 5.92 Å². The Morgan fingerprint density at radius 1 is 0.909 bits per heavy atom. The van der Waals surface area contributed by atoms with E-state index in [9.17, 15) is 0 Å². The highest BCUT2D eigenvalue weighted by Crippen LogP contribution is 2.17. The molecule has 2 atom stereocenters. The summed E-state index contributed by atoms with van der Waals surface area (Å²) in [6, 6.07) is 0.765. The third kappa shape index (κ3) is 10.6. The Morgan fingerprint density at radius 3 is 2.14 bits per heavy atom. The van der Waals surface area contributed by atoms with Crippen molar-refractivity contribution in [1.29, 1.82) is 0 Å². The molecular formula is C20H41NO. The van der Waals surface area contributed by atoms with Crippen molar-refractivity contribution in [2.45, 2.75) is 103 Å². The minimum Gasteiger partial charge on any atom is -0.381 e. The molecule has 0 aliphatic carbocycles. The molecule has 0 aromatic rings. The van der Waals surface area contributed by atoms with Crippen LogP contribution in [0.5, 0.6) is 0 Å². The first kappa shape index (κ1) is 20.0. The maximum Gasteiger partial charge on any atom is 0.0495 e. The van der Waals surface area contributed by atoms with Gasteiger partial charge in [0.15, 0.2) is 0 Å². The van der Waals surface area contributed by atoms with E-state index in [1.54, 1.807) is 0 Å². The van der Waals surface area contributed by atoms with Crippen LogP contribution in [-0.4, -0.2) is 25.8 Å². The van der Waals surface area contributed by atoms with Crippen LogP contribution in [0.4, 0.5) is 0 Å². The first-order chi connectivity index (χ1) is 10.9. The zero-order valence-corrected chi connectivity index (χ0v) is 15.4. The monoisotopic (exact) mass is 311 g/mol. The van der Waals surface area contributed by atoms with Gasteiger partial charge in [-0.1, -0.05) is 71.6 Å². The smallest absolute Gasteiger partial charge is 0.0495 e. The standard InChI is InChI=1S/C20H41NO/c1-3-5-7-9-11-13-20(12-10-8-6-4-2)21-16-14-19-15-17-22-18-19/h19-21H,3-18H2,1-2H3. The largest absolute Gasteiger partial charge is 0.381 e. The summed E-state index contributed by atoms with van der Waals surface area (Å²) in [5.41, 5.74) is 0. The van der Waals surface area contributed by atoms with Gasteiger partial charge in [0.05, 0.1) is 0 Å². The molecular weight excluding hydrogens is 270 g/mol. The highest BCUT2D eigenvalue weighted by Gasteiger charge is 2.15. The lowest BCUT2D eigenvalue weighted by Crippen LogP contribution is -2.31. The van der Waals surface area contributed by atoms with E-state index in [2.05, 4.69) is 19.2 Å². The molecule has 0 radical (unpaired) electrons. The van der Waals surface area contributed by atoms with Gasteiger partial charge in [-0.15, -0.1) is 0 Å². The molecule has 2 heteroatoms. The number of rotatable bonds is 15. The summed E-state index contributed by atoms with van der Waals surface area (Å²) in [5, 5.41) is 3.86. The van der Waals surface area contributed by atoms with Crippen LogP contribution in [0.15, 0.2) is 0 Å². The van der Waals surface area contributed by atoms with Gasteiger partial charge >= 0.3 is 0 Å². The van der Waals surface area contributed by atoms with E-state index in [1.165, 1.54) is 90.0 Å². The zero-order chi connectivity index (χ0) is 15.9. The molecule has 22 heavy (non-hydrogen) atoms. The van der Waals surface area contributed by atoms with Gasteiger partial charge in [0, 0.05) is 19.3 Å². The highest BCUT2D eigenvalue weighted by molar-refractivity contribution is 4.71. The molecule has 1 aliphatic heterocycles. The molecule has 1 rings (SSSR count).